The number of likely N-dealkylation sites (tertiary alicyclic amines) is 1. The number of ether oxygens (including phenoxy) is 2. The SMILES string of the molecule is CO/C=C/C1CCCCN1C(=O)OC(C)(C)C. The molecule has 98 valence electrons. The van der Waals surface area contributed by atoms with Gasteiger partial charge in [-0.15, -0.1) is 0 Å². The number of methoxy groups -OCH3 is 1. The van der Waals surface area contributed by atoms with E-state index in [1.54, 1.807) is 18.3 Å². The third-order valence-electron chi connectivity index (χ3n) is 2.61. The van der Waals surface area contributed by atoms with Gasteiger partial charge in [0.05, 0.1) is 19.4 Å². The number of carbonyl (C=O) groups is 1. The number of carbonyl (C=O) groups excluding carboxylic acids is 1. The van der Waals surface area contributed by atoms with Gasteiger partial charge in [0.1, 0.15) is 5.60 Å². The quantitative estimate of drug-likeness (QED) is 0.698. The smallest absolute Gasteiger partial charge is 0.410 e. The molecule has 0 bridgehead atoms. The first-order chi connectivity index (χ1) is 7.94. The molecule has 0 aliphatic carbocycles. The maximum Gasteiger partial charge on any atom is 0.410 e. The van der Waals surface area contributed by atoms with E-state index >= 15 is 0 Å². The van der Waals surface area contributed by atoms with Gasteiger partial charge in [0.2, 0.25) is 0 Å². The van der Waals surface area contributed by atoms with Gasteiger partial charge in [-0.2, -0.15) is 0 Å². The van der Waals surface area contributed by atoms with Crippen molar-refractivity contribution >= 4 is 6.09 Å². The van der Waals surface area contributed by atoms with Crippen molar-refractivity contribution in [1.82, 2.24) is 4.90 Å². The van der Waals surface area contributed by atoms with Crippen LogP contribution in [0.4, 0.5) is 4.79 Å². The summed E-state index contributed by atoms with van der Waals surface area (Å²) in [7, 11) is 1.61. The van der Waals surface area contributed by atoms with Crippen LogP contribution in [-0.2, 0) is 9.47 Å². The molecule has 1 aliphatic rings. The molecule has 4 heteroatoms. The fourth-order valence-electron chi connectivity index (χ4n) is 1.87. The first-order valence-corrected chi connectivity index (χ1v) is 6.13. The summed E-state index contributed by atoms with van der Waals surface area (Å²) in [6.45, 7) is 6.41. The highest BCUT2D eigenvalue weighted by atomic mass is 16.6. The van der Waals surface area contributed by atoms with Crippen LogP contribution in [-0.4, -0.2) is 36.3 Å². The van der Waals surface area contributed by atoms with E-state index in [0.717, 1.165) is 25.8 Å². The molecule has 1 fully saturated rings. The molecule has 0 N–H and O–H groups in total. The van der Waals surface area contributed by atoms with E-state index < -0.39 is 5.60 Å². The van der Waals surface area contributed by atoms with E-state index in [0.29, 0.717) is 0 Å². The predicted molar refractivity (Wildman–Crippen MR) is 66.7 cm³/mol. The standard InChI is InChI=1S/C13H23NO3/c1-13(2,3)17-12(15)14-9-6-5-7-11(14)8-10-16-4/h8,10-11H,5-7,9H2,1-4H3/b10-8+. The molecule has 4 nitrogen and oxygen atoms in total. The Hall–Kier alpha value is -1.19. The fraction of sp³-hybridized carbons (Fsp3) is 0.769. The van der Waals surface area contributed by atoms with Crippen molar-refractivity contribution in [2.45, 2.75) is 51.7 Å². The zero-order chi connectivity index (χ0) is 12.9. The monoisotopic (exact) mass is 241 g/mol. The van der Waals surface area contributed by atoms with Crippen LogP contribution in [0.3, 0.4) is 0 Å². The lowest BCUT2D eigenvalue weighted by atomic mass is 10.0. The van der Waals surface area contributed by atoms with E-state index in [-0.39, 0.29) is 12.1 Å². The zero-order valence-electron chi connectivity index (χ0n) is 11.2. The summed E-state index contributed by atoms with van der Waals surface area (Å²) in [6, 6.07) is 0.0959. The molecule has 0 aromatic rings. The van der Waals surface area contributed by atoms with Crippen LogP contribution in [0.15, 0.2) is 12.3 Å². The topological polar surface area (TPSA) is 38.8 Å². The number of rotatable bonds is 2. The Morgan fingerprint density at radius 1 is 1.35 bits per heavy atom. The van der Waals surface area contributed by atoms with Gasteiger partial charge in [0.25, 0.3) is 0 Å². The Bertz CT molecular complexity index is 281. The van der Waals surface area contributed by atoms with Crippen molar-refractivity contribution in [2.75, 3.05) is 13.7 Å². The van der Waals surface area contributed by atoms with Gasteiger partial charge in [-0.05, 0) is 46.1 Å². The third-order valence-corrected chi connectivity index (χ3v) is 2.61. The number of piperidine rings is 1. The minimum Gasteiger partial charge on any atom is -0.505 e. The van der Waals surface area contributed by atoms with Gasteiger partial charge in [-0.3, -0.25) is 0 Å². The fourth-order valence-corrected chi connectivity index (χ4v) is 1.87. The Morgan fingerprint density at radius 3 is 2.65 bits per heavy atom. The van der Waals surface area contributed by atoms with E-state index in [1.165, 1.54) is 0 Å². The summed E-state index contributed by atoms with van der Waals surface area (Å²) in [5.41, 5.74) is -0.440. The lowest BCUT2D eigenvalue weighted by Gasteiger charge is -2.35. The molecule has 1 unspecified atom stereocenters. The highest BCUT2D eigenvalue weighted by molar-refractivity contribution is 5.69. The third kappa shape index (κ3) is 4.67. The minimum atomic E-state index is -0.440. The Morgan fingerprint density at radius 2 is 2.06 bits per heavy atom. The van der Waals surface area contributed by atoms with Crippen molar-refractivity contribution in [3.63, 3.8) is 0 Å². The van der Waals surface area contributed by atoms with Crippen molar-refractivity contribution in [2.24, 2.45) is 0 Å². The van der Waals surface area contributed by atoms with Crippen LogP contribution in [0.25, 0.3) is 0 Å². The lowest BCUT2D eigenvalue weighted by molar-refractivity contribution is 0.0148. The van der Waals surface area contributed by atoms with Gasteiger partial charge in [0, 0.05) is 6.54 Å². The molecule has 0 saturated carbocycles. The normalized spacial score (nSPS) is 21.6. The maximum absolute atomic E-state index is 12.0. The molecule has 1 atom stereocenters. The van der Waals surface area contributed by atoms with Crippen molar-refractivity contribution in [1.29, 1.82) is 0 Å². The minimum absolute atomic E-state index is 0.0959. The Labute approximate surface area is 104 Å². The number of hydrogen-bond donors (Lipinski definition) is 0. The molecule has 1 aliphatic heterocycles. The van der Waals surface area contributed by atoms with Gasteiger partial charge >= 0.3 is 6.09 Å². The molecule has 1 heterocycles. The van der Waals surface area contributed by atoms with Gasteiger partial charge in [0.15, 0.2) is 0 Å². The molecule has 1 rings (SSSR count). The first-order valence-electron chi connectivity index (χ1n) is 6.13. The lowest BCUT2D eigenvalue weighted by Crippen LogP contribution is -2.45. The van der Waals surface area contributed by atoms with Crippen LogP contribution >= 0.6 is 0 Å². The molecule has 0 aromatic carbocycles. The second-order valence-electron chi connectivity index (χ2n) is 5.30. The second kappa shape index (κ2) is 5.94. The van der Waals surface area contributed by atoms with E-state index in [1.807, 2.05) is 26.8 Å². The second-order valence-corrected chi connectivity index (χ2v) is 5.30. The molecule has 1 amide bonds. The highest BCUT2D eigenvalue weighted by Gasteiger charge is 2.28. The molecule has 17 heavy (non-hydrogen) atoms. The number of amides is 1. The largest absolute Gasteiger partial charge is 0.505 e. The zero-order valence-corrected chi connectivity index (χ0v) is 11.2. The van der Waals surface area contributed by atoms with Crippen molar-refractivity contribution in [3.05, 3.63) is 12.3 Å². The summed E-state index contributed by atoms with van der Waals surface area (Å²) in [4.78, 5) is 13.8. The van der Waals surface area contributed by atoms with E-state index in [2.05, 4.69) is 0 Å². The summed E-state index contributed by atoms with van der Waals surface area (Å²) in [5.74, 6) is 0. The Balaban J connectivity index is 2.64. The van der Waals surface area contributed by atoms with Gasteiger partial charge in [-0.1, -0.05) is 0 Å². The van der Waals surface area contributed by atoms with Gasteiger partial charge < -0.3 is 14.4 Å². The molecule has 1 saturated heterocycles. The molecule has 0 radical (unpaired) electrons. The first kappa shape index (κ1) is 13.9. The average Bonchev–Trinajstić information content (AvgIpc) is 2.24. The summed E-state index contributed by atoms with van der Waals surface area (Å²) < 4.78 is 10.3. The molecule has 0 spiro atoms. The number of nitrogens with zero attached hydrogens (tertiary/aromatic N) is 1. The van der Waals surface area contributed by atoms with Crippen LogP contribution in [0.2, 0.25) is 0 Å². The molecule has 0 aromatic heterocycles. The van der Waals surface area contributed by atoms with E-state index in [9.17, 15) is 4.79 Å². The highest BCUT2D eigenvalue weighted by Crippen LogP contribution is 2.21. The van der Waals surface area contributed by atoms with Crippen LogP contribution in [0.5, 0.6) is 0 Å². The average molecular weight is 241 g/mol. The number of hydrogen-bond acceptors (Lipinski definition) is 3. The summed E-state index contributed by atoms with van der Waals surface area (Å²) in [6.07, 6.45) is 6.47. The van der Waals surface area contributed by atoms with Gasteiger partial charge in [-0.25, -0.2) is 4.79 Å². The van der Waals surface area contributed by atoms with Crippen LogP contribution in [0, 0.1) is 0 Å². The van der Waals surface area contributed by atoms with E-state index in [4.69, 9.17) is 9.47 Å². The Kier molecular flexibility index (Phi) is 4.85. The summed E-state index contributed by atoms with van der Waals surface area (Å²) in [5, 5.41) is 0. The van der Waals surface area contributed by atoms with Crippen LogP contribution in [0.1, 0.15) is 40.0 Å². The van der Waals surface area contributed by atoms with Crippen molar-refractivity contribution < 1.29 is 14.3 Å². The van der Waals surface area contributed by atoms with Crippen molar-refractivity contribution in [3.8, 4) is 0 Å². The summed E-state index contributed by atoms with van der Waals surface area (Å²) >= 11 is 0. The molecular formula is C13H23NO3. The van der Waals surface area contributed by atoms with Crippen LogP contribution < -0.4 is 0 Å². The molecular weight excluding hydrogens is 218 g/mol. The maximum atomic E-state index is 12.0. The predicted octanol–water partition coefficient (Wildman–Crippen LogP) is 2.94.